The second-order valence-electron chi connectivity index (χ2n) is 4.58. The van der Waals surface area contributed by atoms with Crippen LogP contribution >= 0.6 is 11.3 Å². The van der Waals surface area contributed by atoms with Crippen LogP contribution in [-0.2, 0) is 16.1 Å². The molecule has 0 aromatic carbocycles. The lowest BCUT2D eigenvalue weighted by Crippen LogP contribution is -2.34. The molecule has 0 saturated carbocycles. The summed E-state index contributed by atoms with van der Waals surface area (Å²) in [7, 11) is 0. The molecule has 1 atom stereocenters. The van der Waals surface area contributed by atoms with Gasteiger partial charge in [0.2, 0.25) is 5.91 Å². The summed E-state index contributed by atoms with van der Waals surface area (Å²) < 4.78 is 5.36. The summed E-state index contributed by atoms with van der Waals surface area (Å²) in [4.78, 5) is 20.6. The van der Waals surface area contributed by atoms with E-state index in [1.807, 2.05) is 16.8 Å². The third kappa shape index (κ3) is 2.86. The zero-order valence-electron chi connectivity index (χ0n) is 10.9. The number of carbonyl (C=O) groups is 1. The van der Waals surface area contributed by atoms with E-state index in [0.29, 0.717) is 13.2 Å². The van der Waals surface area contributed by atoms with E-state index in [2.05, 4.69) is 15.3 Å². The highest BCUT2D eigenvalue weighted by Crippen LogP contribution is 2.22. The van der Waals surface area contributed by atoms with E-state index in [1.165, 1.54) is 0 Å². The molecule has 2 aromatic rings. The monoisotopic (exact) mass is 289 g/mol. The van der Waals surface area contributed by atoms with Gasteiger partial charge in [0.15, 0.2) is 0 Å². The molecule has 20 heavy (non-hydrogen) atoms. The van der Waals surface area contributed by atoms with Gasteiger partial charge >= 0.3 is 0 Å². The van der Waals surface area contributed by atoms with Crippen LogP contribution in [0.1, 0.15) is 18.5 Å². The predicted octanol–water partition coefficient (Wildman–Crippen LogP) is 2.00. The van der Waals surface area contributed by atoms with Crippen LogP contribution in [0, 0.1) is 0 Å². The lowest BCUT2D eigenvalue weighted by Gasteiger charge is -2.11. The number of rotatable bonds is 4. The smallest absolute Gasteiger partial charge is 0.249 e. The average Bonchev–Trinajstić information content (AvgIpc) is 3.17. The largest absolute Gasteiger partial charge is 0.368 e. The normalized spacial score (nSPS) is 18.1. The van der Waals surface area contributed by atoms with Crippen molar-refractivity contribution in [3.63, 3.8) is 0 Å². The fourth-order valence-electron chi connectivity index (χ4n) is 2.21. The maximum atomic E-state index is 11.9. The molecule has 1 aliphatic rings. The van der Waals surface area contributed by atoms with Gasteiger partial charge in [-0.1, -0.05) is 0 Å². The van der Waals surface area contributed by atoms with Crippen molar-refractivity contribution in [3.05, 3.63) is 34.9 Å². The fraction of sp³-hybridized carbons (Fsp3) is 0.357. The molecule has 104 valence electrons. The molecule has 1 aliphatic heterocycles. The molecule has 1 saturated heterocycles. The van der Waals surface area contributed by atoms with Gasteiger partial charge in [-0.15, -0.1) is 0 Å². The molecule has 3 rings (SSSR count). The zero-order chi connectivity index (χ0) is 13.8. The van der Waals surface area contributed by atoms with E-state index in [9.17, 15) is 4.79 Å². The Morgan fingerprint density at radius 1 is 1.45 bits per heavy atom. The van der Waals surface area contributed by atoms with Crippen molar-refractivity contribution in [2.75, 3.05) is 6.61 Å². The quantitative estimate of drug-likeness (QED) is 0.935. The third-order valence-electron chi connectivity index (χ3n) is 3.22. The van der Waals surface area contributed by atoms with Gasteiger partial charge in [0.1, 0.15) is 6.10 Å². The molecule has 0 aliphatic carbocycles. The first-order valence-corrected chi connectivity index (χ1v) is 7.50. The standard InChI is InChI=1S/C14H15N3O2S/c18-14(12-2-1-6-19-12)17-8-11-13(16-5-4-15-11)10-3-7-20-9-10/h3-5,7,9,12H,1-2,6,8H2,(H,17,18). The molecule has 2 aromatic heterocycles. The Morgan fingerprint density at radius 2 is 2.35 bits per heavy atom. The van der Waals surface area contributed by atoms with Gasteiger partial charge in [0.25, 0.3) is 0 Å². The molecular weight excluding hydrogens is 274 g/mol. The summed E-state index contributed by atoms with van der Waals surface area (Å²) in [6, 6.07) is 2.00. The van der Waals surface area contributed by atoms with E-state index >= 15 is 0 Å². The number of hydrogen-bond donors (Lipinski definition) is 1. The summed E-state index contributed by atoms with van der Waals surface area (Å²) in [5.41, 5.74) is 2.63. The highest BCUT2D eigenvalue weighted by atomic mass is 32.1. The minimum absolute atomic E-state index is 0.0654. The Balaban J connectivity index is 1.70. The molecule has 0 spiro atoms. The maximum Gasteiger partial charge on any atom is 0.249 e. The second-order valence-corrected chi connectivity index (χ2v) is 5.36. The molecule has 1 fully saturated rings. The van der Waals surface area contributed by atoms with Crippen LogP contribution in [0.3, 0.4) is 0 Å². The molecular formula is C14H15N3O2S. The number of amides is 1. The van der Waals surface area contributed by atoms with Gasteiger partial charge in [0, 0.05) is 29.9 Å². The van der Waals surface area contributed by atoms with Gasteiger partial charge < -0.3 is 10.1 Å². The molecule has 1 unspecified atom stereocenters. The van der Waals surface area contributed by atoms with Crippen LogP contribution in [0.4, 0.5) is 0 Å². The average molecular weight is 289 g/mol. The Bertz CT molecular complexity index is 580. The van der Waals surface area contributed by atoms with Gasteiger partial charge in [-0.25, -0.2) is 0 Å². The fourth-order valence-corrected chi connectivity index (χ4v) is 2.85. The first kappa shape index (κ1) is 13.2. The first-order chi connectivity index (χ1) is 9.84. The van der Waals surface area contributed by atoms with Crippen LogP contribution in [0.25, 0.3) is 11.3 Å². The molecule has 3 heterocycles. The topological polar surface area (TPSA) is 64.1 Å². The highest BCUT2D eigenvalue weighted by molar-refractivity contribution is 7.08. The van der Waals surface area contributed by atoms with Gasteiger partial charge in [0.05, 0.1) is 17.9 Å². The van der Waals surface area contributed by atoms with E-state index in [4.69, 9.17) is 4.74 Å². The van der Waals surface area contributed by atoms with Crippen LogP contribution in [-0.4, -0.2) is 28.6 Å². The SMILES string of the molecule is O=C(NCc1nccnc1-c1ccsc1)C1CCCO1. The Hall–Kier alpha value is -1.79. The van der Waals surface area contributed by atoms with Crippen molar-refractivity contribution in [3.8, 4) is 11.3 Å². The lowest BCUT2D eigenvalue weighted by molar-refractivity contribution is -0.130. The Kier molecular flexibility index (Phi) is 4.03. The summed E-state index contributed by atoms with van der Waals surface area (Å²) in [6.07, 6.45) is 4.74. The van der Waals surface area contributed by atoms with Crippen molar-refractivity contribution in [1.82, 2.24) is 15.3 Å². The van der Waals surface area contributed by atoms with Crippen molar-refractivity contribution in [1.29, 1.82) is 0 Å². The molecule has 1 N–H and O–H groups in total. The van der Waals surface area contributed by atoms with Crippen molar-refractivity contribution in [2.24, 2.45) is 0 Å². The summed E-state index contributed by atoms with van der Waals surface area (Å²) in [5.74, 6) is -0.0654. The Morgan fingerprint density at radius 3 is 3.10 bits per heavy atom. The third-order valence-corrected chi connectivity index (χ3v) is 3.90. The molecule has 1 amide bonds. The number of aromatic nitrogens is 2. The van der Waals surface area contributed by atoms with Crippen molar-refractivity contribution in [2.45, 2.75) is 25.5 Å². The Labute approximate surface area is 121 Å². The zero-order valence-corrected chi connectivity index (χ0v) is 11.7. The van der Waals surface area contributed by atoms with Crippen LogP contribution in [0.2, 0.25) is 0 Å². The summed E-state index contributed by atoms with van der Waals surface area (Å²) in [6.45, 7) is 1.04. The van der Waals surface area contributed by atoms with Crippen LogP contribution < -0.4 is 5.32 Å². The number of nitrogens with one attached hydrogen (secondary N) is 1. The minimum Gasteiger partial charge on any atom is -0.368 e. The van der Waals surface area contributed by atoms with Crippen LogP contribution in [0.5, 0.6) is 0 Å². The van der Waals surface area contributed by atoms with Gasteiger partial charge in [-0.05, 0) is 24.3 Å². The highest BCUT2D eigenvalue weighted by Gasteiger charge is 2.23. The lowest BCUT2D eigenvalue weighted by atomic mass is 10.2. The number of carbonyl (C=O) groups excluding carboxylic acids is 1. The second kappa shape index (κ2) is 6.11. The maximum absolute atomic E-state index is 11.9. The van der Waals surface area contributed by atoms with Gasteiger partial charge in [-0.2, -0.15) is 11.3 Å². The van der Waals surface area contributed by atoms with E-state index in [-0.39, 0.29) is 12.0 Å². The number of hydrogen-bond acceptors (Lipinski definition) is 5. The minimum atomic E-state index is -0.309. The first-order valence-electron chi connectivity index (χ1n) is 6.56. The summed E-state index contributed by atoms with van der Waals surface area (Å²) >= 11 is 1.61. The van der Waals surface area contributed by atoms with E-state index < -0.39 is 0 Å². The van der Waals surface area contributed by atoms with Crippen molar-refractivity contribution >= 4 is 17.2 Å². The van der Waals surface area contributed by atoms with Crippen LogP contribution in [0.15, 0.2) is 29.2 Å². The number of thiophene rings is 1. The molecule has 0 radical (unpaired) electrons. The van der Waals surface area contributed by atoms with E-state index in [0.717, 1.165) is 29.8 Å². The van der Waals surface area contributed by atoms with E-state index in [1.54, 1.807) is 23.7 Å². The number of nitrogens with zero attached hydrogens (tertiary/aromatic N) is 2. The predicted molar refractivity (Wildman–Crippen MR) is 76.2 cm³/mol. The number of ether oxygens (including phenoxy) is 1. The molecule has 5 nitrogen and oxygen atoms in total. The summed E-state index contributed by atoms with van der Waals surface area (Å²) in [5, 5.41) is 6.90. The van der Waals surface area contributed by atoms with Gasteiger partial charge in [-0.3, -0.25) is 14.8 Å². The molecule has 0 bridgehead atoms. The molecule has 6 heteroatoms. The van der Waals surface area contributed by atoms with Crippen molar-refractivity contribution < 1.29 is 9.53 Å².